The van der Waals surface area contributed by atoms with E-state index in [1.165, 1.54) is 44.9 Å². The lowest BCUT2D eigenvalue weighted by Crippen LogP contribution is -2.63. The molecule has 88 valence electrons. The maximum Gasteiger partial charge on any atom is 0.0422 e. The van der Waals surface area contributed by atoms with Gasteiger partial charge in [0.25, 0.3) is 0 Å². The molecule has 0 spiro atoms. The first-order chi connectivity index (χ1) is 7.20. The highest BCUT2D eigenvalue weighted by Crippen LogP contribution is 2.43. The van der Waals surface area contributed by atoms with E-state index < -0.39 is 0 Å². The Hall–Kier alpha value is -0.120. The molecule has 3 heteroatoms. The molecule has 0 aromatic heterocycles. The average Bonchev–Trinajstić information content (AvgIpc) is 2.60. The number of nitrogens with zero attached hydrogens (tertiary/aromatic N) is 1. The lowest BCUT2D eigenvalue weighted by molar-refractivity contribution is 0.0481. The number of nitrogens with two attached hydrogens (primary N) is 1. The monoisotopic (exact) mass is 211 g/mol. The summed E-state index contributed by atoms with van der Waals surface area (Å²) in [5, 5.41) is 0. The molecule has 0 radical (unpaired) electrons. The molecule has 0 bridgehead atoms. The van der Waals surface area contributed by atoms with Crippen molar-refractivity contribution in [3.05, 3.63) is 0 Å². The number of nitrogens with one attached hydrogen (secondary N) is 1. The zero-order valence-corrected chi connectivity index (χ0v) is 10.1. The van der Waals surface area contributed by atoms with Crippen molar-refractivity contribution in [2.24, 2.45) is 11.8 Å². The first kappa shape index (κ1) is 11.4. The summed E-state index contributed by atoms with van der Waals surface area (Å²) in [5.74, 6) is 6.62. The summed E-state index contributed by atoms with van der Waals surface area (Å²) in [4.78, 5) is 2.42. The standard InChI is InChI=1S/C12H25N3/c1-15(2)12(8-3-4-9-12)11(14-13)10-6-5-7-10/h10-11,14H,3-9,13H2,1-2H3. The number of hydrogen-bond donors (Lipinski definition) is 2. The largest absolute Gasteiger partial charge is 0.302 e. The fourth-order valence-electron chi connectivity index (χ4n) is 3.53. The molecule has 0 aliphatic heterocycles. The minimum absolute atomic E-state index is 0.333. The molecule has 2 aliphatic carbocycles. The van der Waals surface area contributed by atoms with E-state index in [1.807, 2.05) is 0 Å². The molecule has 0 amide bonds. The van der Waals surface area contributed by atoms with Crippen LogP contribution in [0.15, 0.2) is 0 Å². The Morgan fingerprint density at radius 2 is 1.80 bits per heavy atom. The summed E-state index contributed by atoms with van der Waals surface area (Å²) in [5.41, 5.74) is 3.46. The van der Waals surface area contributed by atoms with Crippen molar-refractivity contribution < 1.29 is 0 Å². The van der Waals surface area contributed by atoms with Gasteiger partial charge in [0.05, 0.1) is 0 Å². The molecule has 0 aromatic rings. The molecule has 2 saturated carbocycles. The average molecular weight is 211 g/mol. The van der Waals surface area contributed by atoms with Gasteiger partial charge in [0.1, 0.15) is 0 Å². The van der Waals surface area contributed by atoms with Gasteiger partial charge in [-0.3, -0.25) is 11.3 Å². The second-order valence-electron chi connectivity index (χ2n) is 5.54. The molecule has 2 fully saturated rings. The Bertz CT molecular complexity index is 205. The smallest absolute Gasteiger partial charge is 0.0422 e. The third-order valence-electron chi connectivity index (χ3n) is 4.74. The molecule has 0 saturated heterocycles. The lowest BCUT2D eigenvalue weighted by Gasteiger charge is -2.48. The van der Waals surface area contributed by atoms with Gasteiger partial charge in [-0.2, -0.15) is 0 Å². The highest BCUT2D eigenvalue weighted by molar-refractivity contribution is 5.05. The van der Waals surface area contributed by atoms with Crippen molar-refractivity contribution in [2.75, 3.05) is 14.1 Å². The van der Waals surface area contributed by atoms with Crippen molar-refractivity contribution in [1.82, 2.24) is 10.3 Å². The van der Waals surface area contributed by atoms with Crippen LogP contribution in [0.5, 0.6) is 0 Å². The second kappa shape index (κ2) is 4.40. The van der Waals surface area contributed by atoms with E-state index in [2.05, 4.69) is 24.4 Å². The first-order valence-corrected chi connectivity index (χ1v) is 6.34. The maximum absolute atomic E-state index is 5.81. The Balaban J connectivity index is 2.13. The molecule has 15 heavy (non-hydrogen) atoms. The van der Waals surface area contributed by atoms with Crippen LogP contribution in [0, 0.1) is 5.92 Å². The quantitative estimate of drug-likeness (QED) is 0.547. The topological polar surface area (TPSA) is 41.3 Å². The SMILES string of the molecule is CN(C)C1(C(NN)C2CCC2)CCCC1. The van der Waals surface area contributed by atoms with E-state index in [9.17, 15) is 0 Å². The van der Waals surface area contributed by atoms with E-state index in [0.717, 1.165) is 5.92 Å². The summed E-state index contributed by atoms with van der Waals surface area (Å²) in [6.45, 7) is 0. The maximum atomic E-state index is 5.81. The molecule has 2 rings (SSSR count). The van der Waals surface area contributed by atoms with Crippen LogP contribution < -0.4 is 11.3 Å². The zero-order valence-electron chi connectivity index (χ0n) is 10.1. The van der Waals surface area contributed by atoms with Crippen molar-refractivity contribution >= 4 is 0 Å². The summed E-state index contributed by atoms with van der Waals surface area (Å²) >= 11 is 0. The van der Waals surface area contributed by atoms with E-state index >= 15 is 0 Å². The highest BCUT2D eigenvalue weighted by Gasteiger charge is 2.47. The Morgan fingerprint density at radius 3 is 2.13 bits per heavy atom. The van der Waals surface area contributed by atoms with Gasteiger partial charge in [0, 0.05) is 11.6 Å². The molecular formula is C12H25N3. The van der Waals surface area contributed by atoms with E-state index in [0.29, 0.717) is 11.6 Å². The third kappa shape index (κ3) is 1.81. The van der Waals surface area contributed by atoms with Crippen LogP contribution in [0.2, 0.25) is 0 Å². The minimum atomic E-state index is 0.333. The summed E-state index contributed by atoms with van der Waals surface area (Å²) in [6.07, 6.45) is 9.48. The van der Waals surface area contributed by atoms with Crippen LogP contribution in [0.3, 0.4) is 0 Å². The highest BCUT2D eigenvalue weighted by atomic mass is 15.3. The third-order valence-corrected chi connectivity index (χ3v) is 4.74. The van der Waals surface area contributed by atoms with E-state index in [4.69, 9.17) is 5.84 Å². The summed E-state index contributed by atoms with van der Waals surface area (Å²) < 4.78 is 0. The molecule has 1 unspecified atom stereocenters. The number of likely N-dealkylation sites (N-methyl/N-ethyl adjacent to an activating group) is 1. The van der Waals surface area contributed by atoms with Crippen LogP contribution in [0.25, 0.3) is 0 Å². The van der Waals surface area contributed by atoms with Gasteiger partial charge in [0.15, 0.2) is 0 Å². The Morgan fingerprint density at radius 1 is 1.20 bits per heavy atom. The van der Waals surface area contributed by atoms with E-state index in [1.54, 1.807) is 0 Å². The minimum Gasteiger partial charge on any atom is -0.302 e. The molecule has 2 aliphatic rings. The molecule has 0 aromatic carbocycles. The van der Waals surface area contributed by atoms with Gasteiger partial charge in [0.2, 0.25) is 0 Å². The van der Waals surface area contributed by atoms with Crippen molar-refractivity contribution in [3.63, 3.8) is 0 Å². The van der Waals surface area contributed by atoms with Gasteiger partial charge in [-0.1, -0.05) is 19.3 Å². The fourth-order valence-corrected chi connectivity index (χ4v) is 3.53. The summed E-state index contributed by atoms with van der Waals surface area (Å²) in [7, 11) is 4.43. The fraction of sp³-hybridized carbons (Fsp3) is 1.00. The molecule has 3 N–H and O–H groups in total. The van der Waals surface area contributed by atoms with Crippen LogP contribution in [-0.2, 0) is 0 Å². The predicted octanol–water partition coefficient (Wildman–Crippen LogP) is 1.49. The summed E-state index contributed by atoms with van der Waals surface area (Å²) in [6, 6.07) is 0.503. The van der Waals surface area contributed by atoms with Gasteiger partial charge >= 0.3 is 0 Å². The van der Waals surface area contributed by atoms with Gasteiger partial charge in [-0.05, 0) is 45.7 Å². The molecule has 1 atom stereocenters. The van der Waals surface area contributed by atoms with Crippen molar-refractivity contribution in [2.45, 2.75) is 56.5 Å². The molecular weight excluding hydrogens is 186 g/mol. The van der Waals surface area contributed by atoms with Gasteiger partial charge < -0.3 is 4.90 Å². The predicted molar refractivity (Wildman–Crippen MR) is 63.3 cm³/mol. The number of hydrogen-bond acceptors (Lipinski definition) is 3. The zero-order chi connectivity index (χ0) is 10.9. The van der Waals surface area contributed by atoms with E-state index in [-0.39, 0.29) is 0 Å². The first-order valence-electron chi connectivity index (χ1n) is 6.34. The number of rotatable bonds is 4. The Kier molecular flexibility index (Phi) is 3.33. The van der Waals surface area contributed by atoms with Gasteiger partial charge in [-0.25, -0.2) is 0 Å². The van der Waals surface area contributed by atoms with Crippen molar-refractivity contribution in [3.8, 4) is 0 Å². The van der Waals surface area contributed by atoms with Crippen molar-refractivity contribution in [1.29, 1.82) is 0 Å². The molecule has 0 heterocycles. The second-order valence-corrected chi connectivity index (χ2v) is 5.54. The van der Waals surface area contributed by atoms with Crippen LogP contribution in [-0.4, -0.2) is 30.6 Å². The number of hydrazine groups is 1. The normalized spacial score (nSPS) is 28.0. The molecule has 3 nitrogen and oxygen atoms in total. The van der Waals surface area contributed by atoms with Crippen LogP contribution in [0.1, 0.15) is 44.9 Å². The van der Waals surface area contributed by atoms with Crippen LogP contribution in [0.4, 0.5) is 0 Å². The van der Waals surface area contributed by atoms with Crippen LogP contribution >= 0.6 is 0 Å². The Labute approximate surface area is 93.4 Å². The van der Waals surface area contributed by atoms with Gasteiger partial charge in [-0.15, -0.1) is 0 Å². The lowest BCUT2D eigenvalue weighted by atomic mass is 9.70.